The molecule has 1 saturated heterocycles. The number of halogens is 1. The molecule has 3 rings (SSSR count). The molecule has 0 unspecified atom stereocenters. The van der Waals surface area contributed by atoms with Gasteiger partial charge in [0.25, 0.3) is 17.1 Å². The summed E-state index contributed by atoms with van der Waals surface area (Å²) < 4.78 is 24.7. The summed E-state index contributed by atoms with van der Waals surface area (Å²) in [6.07, 6.45) is 2.26. The molecule has 0 spiro atoms. The van der Waals surface area contributed by atoms with Crippen molar-refractivity contribution in [1.29, 1.82) is 0 Å². The van der Waals surface area contributed by atoms with Crippen molar-refractivity contribution in [3.63, 3.8) is 0 Å². The maximum atomic E-state index is 13.8. The first-order valence-corrected chi connectivity index (χ1v) is 10.9. The van der Waals surface area contributed by atoms with Gasteiger partial charge in [-0.05, 0) is 54.6 Å². The molecule has 0 aromatic heterocycles. The fourth-order valence-electron chi connectivity index (χ4n) is 2.79. The molecular formula is C23H23FN2O5S. The van der Waals surface area contributed by atoms with Gasteiger partial charge in [-0.25, -0.2) is 4.39 Å². The molecule has 9 heteroatoms. The fourth-order valence-corrected chi connectivity index (χ4v) is 3.64. The van der Waals surface area contributed by atoms with Crippen LogP contribution in [-0.4, -0.2) is 48.3 Å². The van der Waals surface area contributed by atoms with Crippen molar-refractivity contribution < 1.29 is 28.2 Å². The Morgan fingerprint density at radius 3 is 2.47 bits per heavy atom. The summed E-state index contributed by atoms with van der Waals surface area (Å²) in [5.74, 6) is -0.128. The Bertz CT molecular complexity index is 1010. The molecule has 0 saturated carbocycles. The van der Waals surface area contributed by atoms with E-state index in [1.165, 1.54) is 18.2 Å². The number of rotatable bonds is 10. The van der Waals surface area contributed by atoms with E-state index >= 15 is 0 Å². The number of hydrogen-bond acceptors (Lipinski definition) is 6. The lowest BCUT2D eigenvalue weighted by Crippen LogP contribution is -2.38. The fraction of sp³-hybridized carbons (Fsp3) is 0.261. The lowest BCUT2D eigenvalue weighted by Gasteiger charge is -2.13. The standard InChI is InChI=1S/C23H23FN2O5S/c1-2-13-30-17-7-9-18(10-8-17)31-15-21(27)25-11-12-26-22(28)20(32-23(26)29)14-16-5-3-4-6-19(16)24/h3-10,14H,2,11-13,15H2,1H3,(H,25,27)/b20-14-. The summed E-state index contributed by atoms with van der Waals surface area (Å²) in [7, 11) is 0. The maximum Gasteiger partial charge on any atom is 0.293 e. The van der Waals surface area contributed by atoms with E-state index in [4.69, 9.17) is 9.47 Å². The predicted molar refractivity (Wildman–Crippen MR) is 120 cm³/mol. The van der Waals surface area contributed by atoms with E-state index in [-0.39, 0.29) is 36.1 Å². The van der Waals surface area contributed by atoms with Crippen molar-refractivity contribution in [3.05, 3.63) is 64.8 Å². The quantitative estimate of drug-likeness (QED) is 0.545. The number of thioether (sulfide) groups is 1. The van der Waals surface area contributed by atoms with E-state index in [1.807, 2.05) is 6.92 Å². The normalized spacial score (nSPS) is 14.7. The highest BCUT2D eigenvalue weighted by Gasteiger charge is 2.34. The minimum atomic E-state index is -0.515. The molecule has 7 nitrogen and oxygen atoms in total. The molecule has 3 amide bonds. The monoisotopic (exact) mass is 458 g/mol. The van der Waals surface area contributed by atoms with Gasteiger partial charge in [0.15, 0.2) is 6.61 Å². The van der Waals surface area contributed by atoms with Gasteiger partial charge in [0.05, 0.1) is 11.5 Å². The first kappa shape index (κ1) is 23.3. The number of benzene rings is 2. The van der Waals surface area contributed by atoms with Gasteiger partial charge in [-0.3, -0.25) is 19.3 Å². The van der Waals surface area contributed by atoms with Gasteiger partial charge in [-0.1, -0.05) is 25.1 Å². The van der Waals surface area contributed by atoms with Crippen LogP contribution < -0.4 is 14.8 Å². The molecule has 1 aliphatic rings. The van der Waals surface area contributed by atoms with Crippen molar-refractivity contribution in [1.82, 2.24) is 10.2 Å². The highest BCUT2D eigenvalue weighted by molar-refractivity contribution is 8.18. The van der Waals surface area contributed by atoms with Crippen molar-refractivity contribution in [3.8, 4) is 11.5 Å². The number of hydrogen-bond donors (Lipinski definition) is 1. The Morgan fingerprint density at radius 2 is 1.78 bits per heavy atom. The molecule has 2 aromatic carbocycles. The minimum absolute atomic E-state index is 0.00842. The van der Waals surface area contributed by atoms with Gasteiger partial charge in [0.2, 0.25) is 0 Å². The van der Waals surface area contributed by atoms with E-state index in [2.05, 4.69) is 5.32 Å². The van der Waals surface area contributed by atoms with Gasteiger partial charge in [-0.15, -0.1) is 0 Å². The predicted octanol–water partition coefficient (Wildman–Crippen LogP) is 3.85. The lowest BCUT2D eigenvalue weighted by atomic mass is 10.2. The highest BCUT2D eigenvalue weighted by Crippen LogP contribution is 2.32. The summed E-state index contributed by atoms with van der Waals surface area (Å²) in [4.78, 5) is 37.8. The molecule has 2 aromatic rings. The Hall–Kier alpha value is -3.33. The number of ether oxygens (including phenoxy) is 2. The van der Waals surface area contributed by atoms with Gasteiger partial charge >= 0.3 is 0 Å². The topological polar surface area (TPSA) is 84.9 Å². The molecule has 0 bridgehead atoms. The second kappa shape index (κ2) is 11.3. The molecule has 1 heterocycles. The van der Waals surface area contributed by atoms with Gasteiger partial charge in [0.1, 0.15) is 17.3 Å². The molecule has 0 atom stereocenters. The number of carbonyl (C=O) groups is 3. The molecule has 1 N–H and O–H groups in total. The van der Waals surface area contributed by atoms with Crippen LogP contribution >= 0.6 is 11.8 Å². The molecule has 1 aliphatic heterocycles. The van der Waals surface area contributed by atoms with Gasteiger partial charge in [0, 0.05) is 18.7 Å². The van der Waals surface area contributed by atoms with E-state index in [0.717, 1.165) is 28.8 Å². The number of imide groups is 1. The van der Waals surface area contributed by atoms with Crippen LogP contribution in [0.5, 0.6) is 11.5 Å². The van der Waals surface area contributed by atoms with E-state index in [1.54, 1.807) is 36.4 Å². The Morgan fingerprint density at radius 1 is 1.09 bits per heavy atom. The van der Waals surface area contributed by atoms with Crippen molar-refractivity contribution in [2.24, 2.45) is 0 Å². The van der Waals surface area contributed by atoms with Crippen molar-refractivity contribution >= 4 is 34.9 Å². The zero-order valence-electron chi connectivity index (χ0n) is 17.5. The maximum absolute atomic E-state index is 13.8. The number of carbonyl (C=O) groups excluding carboxylic acids is 3. The van der Waals surface area contributed by atoms with E-state index in [0.29, 0.717) is 12.4 Å². The smallest absolute Gasteiger partial charge is 0.293 e. The number of nitrogens with zero attached hydrogens (tertiary/aromatic N) is 1. The van der Waals surface area contributed by atoms with Crippen molar-refractivity contribution in [2.75, 3.05) is 26.3 Å². The summed E-state index contributed by atoms with van der Waals surface area (Å²) >= 11 is 0.742. The number of nitrogens with one attached hydrogen (secondary N) is 1. The summed E-state index contributed by atoms with van der Waals surface area (Å²) in [5, 5.41) is 2.15. The first-order valence-electron chi connectivity index (χ1n) is 10.1. The SMILES string of the molecule is CCCOc1ccc(OCC(=O)NCCN2C(=O)S/C(=C\c3ccccc3F)C2=O)cc1. The third-order valence-electron chi connectivity index (χ3n) is 4.39. The Labute approximate surface area is 189 Å². The second-order valence-electron chi connectivity index (χ2n) is 6.81. The van der Waals surface area contributed by atoms with Crippen LogP contribution in [0.25, 0.3) is 6.08 Å². The third kappa shape index (κ3) is 6.34. The third-order valence-corrected chi connectivity index (χ3v) is 5.30. The lowest BCUT2D eigenvalue weighted by molar-refractivity contribution is -0.125. The van der Waals surface area contributed by atoms with Crippen molar-refractivity contribution in [2.45, 2.75) is 13.3 Å². The van der Waals surface area contributed by atoms with Gasteiger partial charge < -0.3 is 14.8 Å². The molecule has 1 fully saturated rings. The largest absolute Gasteiger partial charge is 0.494 e. The van der Waals surface area contributed by atoms with Crippen LogP contribution in [0.4, 0.5) is 9.18 Å². The first-order chi connectivity index (χ1) is 15.5. The number of amides is 3. The summed E-state index contributed by atoms with van der Waals surface area (Å²) in [5.41, 5.74) is 0.230. The van der Waals surface area contributed by atoms with E-state index in [9.17, 15) is 18.8 Å². The average molecular weight is 459 g/mol. The van der Waals surface area contributed by atoms with Crippen LogP contribution in [0.2, 0.25) is 0 Å². The molecule has 0 aliphatic carbocycles. The van der Waals surface area contributed by atoms with Crippen LogP contribution in [0.1, 0.15) is 18.9 Å². The molecule has 0 radical (unpaired) electrons. The molecule has 168 valence electrons. The van der Waals surface area contributed by atoms with Crippen LogP contribution in [-0.2, 0) is 9.59 Å². The Kier molecular flexibility index (Phi) is 8.27. The van der Waals surface area contributed by atoms with Crippen LogP contribution in [0.3, 0.4) is 0 Å². The van der Waals surface area contributed by atoms with Gasteiger partial charge in [-0.2, -0.15) is 0 Å². The Balaban J connectivity index is 1.43. The zero-order valence-corrected chi connectivity index (χ0v) is 18.3. The molecule has 32 heavy (non-hydrogen) atoms. The van der Waals surface area contributed by atoms with Crippen LogP contribution in [0, 0.1) is 5.82 Å². The average Bonchev–Trinajstić information content (AvgIpc) is 3.06. The second-order valence-corrected chi connectivity index (χ2v) is 7.81. The molecular weight excluding hydrogens is 435 g/mol. The zero-order chi connectivity index (χ0) is 22.9. The van der Waals surface area contributed by atoms with E-state index < -0.39 is 17.0 Å². The van der Waals surface area contributed by atoms with Crippen LogP contribution in [0.15, 0.2) is 53.4 Å². The highest BCUT2D eigenvalue weighted by atomic mass is 32.2. The minimum Gasteiger partial charge on any atom is -0.494 e. The summed E-state index contributed by atoms with van der Waals surface area (Å²) in [6.45, 7) is 2.53. The summed E-state index contributed by atoms with van der Waals surface area (Å²) in [6, 6.07) is 12.9.